The summed E-state index contributed by atoms with van der Waals surface area (Å²) in [6.45, 7) is 0. The highest BCUT2D eigenvalue weighted by Gasteiger charge is 2.10. The van der Waals surface area contributed by atoms with E-state index in [2.05, 4.69) is 4.74 Å². The van der Waals surface area contributed by atoms with Gasteiger partial charge in [-0.25, -0.2) is 4.79 Å². The summed E-state index contributed by atoms with van der Waals surface area (Å²) in [6.07, 6.45) is 4.45. The van der Waals surface area contributed by atoms with Gasteiger partial charge >= 0.3 is 5.97 Å². The van der Waals surface area contributed by atoms with Crippen LogP contribution in [0.15, 0.2) is 24.3 Å². The van der Waals surface area contributed by atoms with Gasteiger partial charge in [0.25, 0.3) is 0 Å². The number of aldehydes is 1. The lowest BCUT2D eigenvalue weighted by atomic mass is 10.1. The van der Waals surface area contributed by atoms with Crippen LogP contribution in [0.4, 0.5) is 0 Å². The van der Waals surface area contributed by atoms with Crippen LogP contribution in [-0.4, -0.2) is 24.5 Å². The van der Waals surface area contributed by atoms with E-state index >= 15 is 0 Å². The van der Waals surface area contributed by atoms with Crippen LogP contribution in [0.25, 0.3) is 6.08 Å². The summed E-state index contributed by atoms with van der Waals surface area (Å²) < 4.78 is 4.52. The van der Waals surface area contributed by atoms with Crippen LogP contribution in [0.2, 0.25) is 0 Å². The van der Waals surface area contributed by atoms with Gasteiger partial charge < -0.3 is 14.6 Å². The molecule has 1 aromatic carbocycles. The number of phenols is 1. The van der Waals surface area contributed by atoms with Crippen molar-refractivity contribution < 1.29 is 19.4 Å². The summed E-state index contributed by atoms with van der Waals surface area (Å²) in [7, 11) is 1.25. The summed E-state index contributed by atoms with van der Waals surface area (Å²) in [6, 6.07) is 4.55. The minimum Gasteiger partial charge on any atom is -0.507 e. The molecular formula is C12H12O4. The van der Waals surface area contributed by atoms with Gasteiger partial charge in [0.05, 0.1) is 7.11 Å². The molecule has 0 fully saturated rings. The standard InChI is InChI=1S/C12H12O4/c1-16-12(15)10-8-9(4-2-3-7-13)5-6-11(10)14/h2,4-8,14H,3H2,1H3. The van der Waals surface area contributed by atoms with Crippen LogP contribution in [0.5, 0.6) is 5.75 Å². The molecule has 0 spiro atoms. The van der Waals surface area contributed by atoms with Crippen molar-refractivity contribution in [1.82, 2.24) is 0 Å². The molecule has 0 aromatic heterocycles. The number of ether oxygens (including phenoxy) is 1. The number of esters is 1. The number of carbonyl (C=O) groups excluding carboxylic acids is 2. The van der Waals surface area contributed by atoms with E-state index in [0.717, 1.165) is 11.8 Å². The Morgan fingerprint density at radius 3 is 2.88 bits per heavy atom. The Bertz CT molecular complexity index is 421. The normalized spacial score (nSPS) is 10.3. The molecule has 0 aliphatic carbocycles. The molecule has 0 heterocycles. The lowest BCUT2D eigenvalue weighted by Crippen LogP contribution is -2.01. The van der Waals surface area contributed by atoms with Crippen molar-refractivity contribution in [3.63, 3.8) is 0 Å². The van der Waals surface area contributed by atoms with E-state index in [1.165, 1.54) is 19.2 Å². The number of rotatable bonds is 4. The second-order valence-corrected chi connectivity index (χ2v) is 3.07. The van der Waals surface area contributed by atoms with Crippen molar-refractivity contribution >= 4 is 18.3 Å². The average Bonchev–Trinajstić information content (AvgIpc) is 2.30. The second kappa shape index (κ2) is 5.70. The molecule has 4 nitrogen and oxygen atoms in total. The number of hydrogen-bond acceptors (Lipinski definition) is 4. The van der Waals surface area contributed by atoms with Gasteiger partial charge in [-0.2, -0.15) is 0 Å². The van der Waals surface area contributed by atoms with E-state index < -0.39 is 5.97 Å². The number of methoxy groups -OCH3 is 1. The maximum absolute atomic E-state index is 11.3. The van der Waals surface area contributed by atoms with Crippen LogP contribution in [0.3, 0.4) is 0 Å². The van der Waals surface area contributed by atoms with E-state index in [0.29, 0.717) is 6.42 Å². The molecule has 1 N–H and O–H groups in total. The van der Waals surface area contributed by atoms with E-state index in [4.69, 9.17) is 0 Å². The summed E-state index contributed by atoms with van der Waals surface area (Å²) in [5.41, 5.74) is 0.829. The Morgan fingerprint density at radius 1 is 1.50 bits per heavy atom. The van der Waals surface area contributed by atoms with Crippen LogP contribution in [0.1, 0.15) is 22.3 Å². The quantitative estimate of drug-likeness (QED) is 0.620. The fourth-order valence-corrected chi connectivity index (χ4v) is 1.19. The average molecular weight is 220 g/mol. The third-order valence-electron chi connectivity index (χ3n) is 1.97. The Labute approximate surface area is 93.2 Å². The maximum atomic E-state index is 11.3. The van der Waals surface area contributed by atoms with Crippen molar-refractivity contribution in [1.29, 1.82) is 0 Å². The van der Waals surface area contributed by atoms with Gasteiger partial charge in [-0.1, -0.05) is 18.2 Å². The van der Waals surface area contributed by atoms with Crippen molar-refractivity contribution in [2.45, 2.75) is 6.42 Å². The highest BCUT2D eigenvalue weighted by Crippen LogP contribution is 2.20. The van der Waals surface area contributed by atoms with Gasteiger partial charge in [-0.05, 0) is 17.7 Å². The minimum atomic E-state index is -0.594. The highest BCUT2D eigenvalue weighted by molar-refractivity contribution is 5.93. The zero-order valence-electron chi connectivity index (χ0n) is 8.84. The van der Waals surface area contributed by atoms with E-state index in [9.17, 15) is 14.7 Å². The smallest absolute Gasteiger partial charge is 0.341 e. The van der Waals surface area contributed by atoms with Gasteiger partial charge in [0.1, 0.15) is 17.6 Å². The topological polar surface area (TPSA) is 63.6 Å². The molecular weight excluding hydrogens is 208 g/mol. The number of benzene rings is 1. The van der Waals surface area contributed by atoms with Crippen LogP contribution in [0, 0.1) is 0 Å². The Balaban J connectivity index is 2.97. The van der Waals surface area contributed by atoms with Gasteiger partial charge in [0.2, 0.25) is 0 Å². The zero-order chi connectivity index (χ0) is 12.0. The highest BCUT2D eigenvalue weighted by atomic mass is 16.5. The Morgan fingerprint density at radius 2 is 2.25 bits per heavy atom. The summed E-state index contributed by atoms with van der Waals surface area (Å²) >= 11 is 0. The molecule has 1 rings (SSSR count). The number of hydrogen-bond donors (Lipinski definition) is 1. The molecule has 84 valence electrons. The van der Waals surface area contributed by atoms with Gasteiger partial charge in [-0.3, -0.25) is 0 Å². The van der Waals surface area contributed by atoms with Crippen molar-refractivity contribution in [3.8, 4) is 5.75 Å². The molecule has 4 heteroatoms. The number of phenolic OH excluding ortho intramolecular Hbond substituents is 1. The number of carbonyl (C=O) groups is 2. The third-order valence-corrected chi connectivity index (χ3v) is 1.97. The zero-order valence-corrected chi connectivity index (χ0v) is 8.84. The third kappa shape index (κ3) is 2.95. The maximum Gasteiger partial charge on any atom is 0.341 e. The molecule has 0 aliphatic heterocycles. The first-order valence-corrected chi connectivity index (χ1v) is 4.70. The summed E-state index contributed by atoms with van der Waals surface area (Å²) in [5.74, 6) is -0.720. The molecule has 0 saturated carbocycles. The van der Waals surface area contributed by atoms with E-state index in [1.807, 2.05) is 0 Å². The van der Waals surface area contributed by atoms with Gasteiger partial charge in [0, 0.05) is 6.42 Å². The largest absolute Gasteiger partial charge is 0.507 e. The van der Waals surface area contributed by atoms with Crippen LogP contribution < -0.4 is 0 Å². The summed E-state index contributed by atoms with van der Waals surface area (Å²) in [5, 5.41) is 9.43. The van der Waals surface area contributed by atoms with Gasteiger partial charge in [0.15, 0.2) is 0 Å². The predicted octanol–water partition coefficient (Wildman–Crippen LogP) is 1.78. The summed E-state index contributed by atoms with van der Waals surface area (Å²) in [4.78, 5) is 21.4. The first kappa shape index (κ1) is 12.0. The molecule has 0 saturated heterocycles. The molecule has 0 amide bonds. The molecule has 0 unspecified atom stereocenters. The molecule has 1 aromatic rings. The lowest BCUT2D eigenvalue weighted by Gasteiger charge is -2.03. The molecule has 0 atom stereocenters. The molecule has 16 heavy (non-hydrogen) atoms. The first-order chi connectivity index (χ1) is 7.69. The monoisotopic (exact) mass is 220 g/mol. The van der Waals surface area contributed by atoms with Crippen LogP contribution in [-0.2, 0) is 9.53 Å². The van der Waals surface area contributed by atoms with Crippen molar-refractivity contribution in [2.75, 3.05) is 7.11 Å². The van der Waals surface area contributed by atoms with E-state index in [1.54, 1.807) is 18.2 Å². The first-order valence-electron chi connectivity index (χ1n) is 4.70. The predicted molar refractivity (Wildman–Crippen MR) is 59.2 cm³/mol. The minimum absolute atomic E-state index is 0.107. The van der Waals surface area contributed by atoms with Crippen LogP contribution >= 0.6 is 0 Å². The SMILES string of the molecule is COC(=O)c1cc(C=CCC=O)ccc1O. The van der Waals surface area contributed by atoms with E-state index in [-0.39, 0.29) is 11.3 Å². The Hall–Kier alpha value is -2.10. The van der Waals surface area contributed by atoms with Crippen molar-refractivity contribution in [3.05, 3.63) is 35.4 Å². The van der Waals surface area contributed by atoms with Crippen molar-refractivity contribution in [2.24, 2.45) is 0 Å². The Kier molecular flexibility index (Phi) is 4.27. The van der Waals surface area contributed by atoms with Gasteiger partial charge in [-0.15, -0.1) is 0 Å². The molecule has 0 radical (unpaired) electrons. The fraction of sp³-hybridized carbons (Fsp3) is 0.167. The molecule has 0 aliphatic rings. The number of aromatic hydroxyl groups is 1. The number of allylic oxidation sites excluding steroid dienone is 1. The fourth-order valence-electron chi connectivity index (χ4n) is 1.19. The molecule has 0 bridgehead atoms. The second-order valence-electron chi connectivity index (χ2n) is 3.07. The lowest BCUT2D eigenvalue weighted by molar-refractivity contribution is -0.107.